The van der Waals surface area contributed by atoms with Crippen LogP contribution in [0.4, 0.5) is 0 Å². The summed E-state index contributed by atoms with van der Waals surface area (Å²) in [5, 5.41) is 9.82. The van der Waals surface area contributed by atoms with Gasteiger partial charge in [0.25, 0.3) is 0 Å². The lowest BCUT2D eigenvalue weighted by Gasteiger charge is -2.22. The third kappa shape index (κ3) is 2.54. The van der Waals surface area contributed by atoms with Crippen molar-refractivity contribution in [1.82, 2.24) is 19.9 Å². The number of fused-ring (bicyclic) bond motifs is 4. The van der Waals surface area contributed by atoms with Gasteiger partial charge in [-0.2, -0.15) is 0 Å². The average Bonchev–Trinajstić information content (AvgIpc) is 2.80. The molecule has 0 saturated heterocycles. The van der Waals surface area contributed by atoms with E-state index in [1.54, 1.807) is 0 Å². The Hall–Kier alpha value is -3.90. The Morgan fingerprint density at radius 1 is 0.733 bits per heavy atom. The fourth-order valence-corrected chi connectivity index (χ4v) is 4.16. The number of benzene rings is 3. The minimum Gasteiger partial charge on any atom is -0.338 e. The maximum Gasteiger partial charge on any atom is 0.196 e. The predicted molar refractivity (Wildman–Crippen MR) is 115 cm³/mol. The Bertz CT molecular complexity index is 1480. The van der Waals surface area contributed by atoms with Crippen LogP contribution in [0.25, 0.3) is 39.2 Å². The summed E-state index contributed by atoms with van der Waals surface area (Å²) in [6.45, 7) is 0. The highest BCUT2D eigenvalue weighted by molar-refractivity contribution is 5.90. The molecule has 30 heavy (non-hydrogen) atoms. The molecule has 0 radical (unpaired) electrons. The lowest BCUT2D eigenvalue weighted by atomic mass is 9.86. The number of allylic oxidation sites excluding steroid dienone is 1. The van der Waals surface area contributed by atoms with E-state index in [1.807, 2.05) is 66.7 Å². The van der Waals surface area contributed by atoms with Crippen molar-refractivity contribution in [1.29, 1.82) is 0 Å². The summed E-state index contributed by atoms with van der Waals surface area (Å²) in [4.78, 5) is 23.9. The fraction of sp³-hybridized carbons (Fsp3) is 0.0833. The van der Waals surface area contributed by atoms with Gasteiger partial charge in [-0.1, -0.05) is 36.4 Å². The van der Waals surface area contributed by atoms with E-state index in [1.165, 1.54) is 0 Å². The first-order valence-electron chi connectivity index (χ1n) is 9.76. The second-order valence-electron chi connectivity index (χ2n) is 7.33. The minimum absolute atomic E-state index is 0.109. The van der Waals surface area contributed by atoms with E-state index in [9.17, 15) is 5.26 Å². The second-order valence-corrected chi connectivity index (χ2v) is 7.33. The molecule has 2 heterocycles. The molecule has 6 heteroatoms. The normalized spacial score (nSPS) is 15.6. The molecule has 0 fully saturated rings. The molecule has 0 bridgehead atoms. The molecule has 0 saturated carbocycles. The lowest BCUT2D eigenvalue weighted by molar-refractivity contribution is -0.137. The van der Waals surface area contributed by atoms with Crippen LogP contribution in [-0.4, -0.2) is 25.2 Å². The fourth-order valence-electron chi connectivity index (χ4n) is 4.16. The molecular weight excluding hydrogens is 376 g/mol. The van der Waals surface area contributed by atoms with Crippen LogP contribution >= 0.6 is 0 Å². The minimum atomic E-state index is -0.109. The van der Waals surface area contributed by atoms with Gasteiger partial charge < -0.3 is 4.89 Å². The van der Waals surface area contributed by atoms with Gasteiger partial charge in [-0.15, -0.1) is 0 Å². The maximum atomic E-state index is 9.82. The van der Waals surface area contributed by atoms with Gasteiger partial charge in [-0.3, -0.25) is 0 Å². The monoisotopic (exact) mass is 392 g/mol. The lowest BCUT2D eigenvalue weighted by Crippen LogP contribution is -2.12. The molecule has 0 spiro atoms. The van der Waals surface area contributed by atoms with Gasteiger partial charge in [0, 0.05) is 11.5 Å². The van der Waals surface area contributed by atoms with Crippen molar-refractivity contribution in [2.45, 2.75) is 12.3 Å². The van der Waals surface area contributed by atoms with Crippen LogP contribution in [0.3, 0.4) is 0 Å². The van der Waals surface area contributed by atoms with E-state index in [4.69, 9.17) is 19.8 Å². The highest BCUT2D eigenvalue weighted by Crippen LogP contribution is 2.41. The molecule has 1 N–H and O–H groups in total. The SMILES string of the molecule is OOc1c(C2CC=Cc3nc4ccccc4nc32)ccc2nc3ccccc3nc12. The van der Waals surface area contributed by atoms with Crippen molar-refractivity contribution in [3.8, 4) is 5.75 Å². The van der Waals surface area contributed by atoms with Gasteiger partial charge in [-0.05, 0) is 42.8 Å². The Morgan fingerprint density at radius 2 is 1.40 bits per heavy atom. The van der Waals surface area contributed by atoms with E-state index in [0.717, 1.165) is 45.4 Å². The third-order valence-electron chi connectivity index (χ3n) is 5.57. The summed E-state index contributed by atoms with van der Waals surface area (Å²) in [6, 6.07) is 19.3. The first kappa shape index (κ1) is 17.0. The Balaban J connectivity index is 1.59. The number of aromatic nitrogens is 4. The zero-order valence-corrected chi connectivity index (χ0v) is 15.9. The highest BCUT2D eigenvalue weighted by Gasteiger charge is 2.27. The van der Waals surface area contributed by atoms with Crippen molar-refractivity contribution in [3.05, 3.63) is 83.7 Å². The molecule has 5 aromatic rings. The van der Waals surface area contributed by atoms with E-state index in [-0.39, 0.29) is 5.92 Å². The number of para-hydroxylation sites is 4. The van der Waals surface area contributed by atoms with Crippen molar-refractivity contribution in [2.24, 2.45) is 0 Å². The van der Waals surface area contributed by atoms with Crippen LogP contribution in [0.5, 0.6) is 5.75 Å². The largest absolute Gasteiger partial charge is 0.338 e. The first-order chi connectivity index (χ1) is 14.8. The van der Waals surface area contributed by atoms with E-state index >= 15 is 0 Å². The molecule has 6 rings (SSSR count). The molecule has 0 aliphatic heterocycles. The van der Waals surface area contributed by atoms with Gasteiger partial charge in [0.1, 0.15) is 5.52 Å². The summed E-state index contributed by atoms with van der Waals surface area (Å²) in [6.07, 6.45) is 4.80. The molecule has 1 aliphatic rings. The average molecular weight is 392 g/mol. The van der Waals surface area contributed by atoms with Crippen LogP contribution in [0.15, 0.2) is 66.7 Å². The topological polar surface area (TPSA) is 81.0 Å². The molecule has 6 nitrogen and oxygen atoms in total. The summed E-state index contributed by atoms with van der Waals surface area (Å²) < 4.78 is 0. The van der Waals surface area contributed by atoms with Crippen LogP contribution in [-0.2, 0) is 0 Å². The van der Waals surface area contributed by atoms with Crippen molar-refractivity contribution in [2.75, 3.05) is 0 Å². The molecule has 1 atom stereocenters. The van der Waals surface area contributed by atoms with Crippen LogP contribution in [0, 0.1) is 0 Å². The van der Waals surface area contributed by atoms with Gasteiger partial charge in [0.05, 0.1) is 39.0 Å². The number of nitrogens with zero attached hydrogens (tertiary/aromatic N) is 4. The van der Waals surface area contributed by atoms with Gasteiger partial charge in [0.2, 0.25) is 0 Å². The molecule has 144 valence electrons. The molecule has 3 aromatic carbocycles. The van der Waals surface area contributed by atoms with E-state index in [2.05, 4.69) is 11.1 Å². The van der Waals surface area contributed by atoms with Crippen LogP contribution in [0.1, 0.15) is 29.3 Å². The summed E-state index contributed by atoms with van der Waals surface area (Å²) in [5.74, 6) is 0.203. The van der Waals surface area contributed by atoms with Crippen LogP contribution < -0.4 is 4.89 Å². The van der Waals surface area contributed by atoms with Crippen molar-refractivity contribution in [3.63, 3.8) is 0 Å². The third-order valence-corrected chi connectivity index (χ3v) is 5.57. The summed E-state index contributed by atoms with van der Waals surface area (Å²) in [5.41, 5.74) is 6.94. The number of hydrogen-bond donors (Lipinski definition) is 1. The highest BCUT2D eigenvalue weighted by atomic mass is 17.1. The standard InChI is InChI=1S/C24H16N4O2/c29-30-24-15(12-13-21-23(24)28-19-10-4-2-8-17(19)26-21)14-6-5-11-20-22(14)27-18-9-3-1-7-16(18)25-20/h1-5,7-14,29H,6H2. The number of rotatable bonds is 2. The van der Waals surface area contributed by atoms with E-state index < -0.39 is 0 Å². The maximum absolute atomic E-state index is 9.82. The smallest absolute Gasteiger partial charge is 0.196 e. The zero-order valence-electron chi connectivity index (χ0n) is 15.9. The molecular formula is C24H16N4O2. The Morgan fingerprint density at radius 3 is 2.13 bits per heavy atom. The first-order valence-corrected chi connectivity index (χ1v) is 9.76. The van der Waals surface area contributed by atoms with Crippen LogP contribution in [0.2, 0.25) is 0 Å². The van der Waals surface area contributed by atoms with Gasteiger partial charge in [0.15, 0.2) is 5.75 Å². The second kappa shape index (κ2) is 6.57. The quantitative estimate of drug-likeness (QED) is 0.255. The van der Waals surface area contributed by atoms with E-state index in [0.29, 0.717) is 16.8 Å². The molecule has 0 amide bonds. The van der Waals surface area contributed by atoms with Crippen molar-refractivity contribution >= 4 is 39.2 Å². The summed E-state index contributed by atoms with van der Waals surface area (Å²) >= 11 is 0. The zero-order chi connectivity index (χ0) is 20.1. The van der Waals surface area contributed by atoms with Gasteiger partial charge >= 0.3 is 0 Å². The predicted octanol–water partition coefficient (Wildman–Crippen LogP) is 5.13. The number of hydrogen-bond acceptors (Lipinski definition) is 6. The van der Waals surface area contributed by atoms with Crippen molar-refractivity contribution < 1.29 is 10.1 Å². The molecule has 1 aliphatic carbocycles. The molecule has 2 aromatic heterocycles. The Kier molecular flexibility index (Phi) is 3.72. The van der Waals surface area contributed by atoms with Gasteiger partial charge in [-0.25, -0.2) is 25.2 Å². The summed E-state index contributed by atoms with van der Waals surface area (Å²) in [7, 11) is 0. The molecule has 1 unspecified atom stereocenters. The Labute approximate surface area is 171 Å².